The number of carboxylic acid groups (broad SMARTS) is 1. The Bertz CT molecular complexity index is 914. The number of piperidine rings is 2. The van der Waals surface area contributed by atoms with Crippen LogP contribution in [0.3, 0.4) is 0 Å². The molecule has 0 bridgehead atoms. The van der Waals surface area contributed by atoms with Gasteiger partial charge in [-0.2, -0.15) is 5.10 Å². The number of carbonyl (C=O) groups is 3. The average molecular weight is 447 g/mol. The van der Waals surface area contributed by atoms with Gasteiger partial charge >= 0.3 is 0 Å². The summed E-state index contributed by atoms with van der Waals surface area (Å²) < 4.78 is 6.90. The van der Waals surface area contributed by atoms with Crippen LogP contribution in [0, 0.1) is 12.3 Å². The maximum Gasteiger partial charge on any atom is 0.290 e. The summed E-state index contributed by atoms with van der Waals surface area (Å²) in [4.78, 5) is 38.9. The van der Waals surface area contributed by atoms with Gasteiger partial charge in [-0.1, -0.05) is 5.16 Å². The highest BCUT2D eigenvalue weighted by molar-refractivity contribution is 5.94. The molecule has 0 radical (unpaired) electrons. The summed E-state index contributed by atoms with van der Waals surface area (Å²) in [5.74, 6) is 0.487. The minimum absolute atomic E-state index is 0.0385. The number of likely N-dealkylation sites (N-methyl/N-ethyl adjacent to an activating group) is 1. The van der Waals surface area contributed by atoms with E-state index in [2.05, 4.69) is 20.5 Å². The maximum absolute atomic E-state index is 13.4. The van der Waals surface area contributed by atoms with Gasteiger partial charge in [-0.25, -0.2) is 0 Å². The molecule has 2 saturated heterocycles. The Kier molecular flexibility index (Phi) is 7.62. The van der Waals surface area contributed by atoms with Crippen LogP contribution in [0.2, 0.25) is 0 Å². The third kappa shape index (κ3) is 4.98. The molecular weight excluding hydrogens is 416 g/mol. The zero-order valence-electron chi connectivity index (χ0n) is 18.4. The summed E-state index contributed by atoms with van der Waals surface area (Å²) in [6.45, 7) is 4.81. The van der Waals surface area contributed by atoms with Crippen LogP contribution >= 0.6 is 0 Å². The zero-order valence-corrected chi connectivity index (χ0v) is 18.4. The molecule has 11 heteroatoms. The summed E-state index contributed by atoms with van der Waals surface area (Å²) >= 11 is 0. The number of nitrogens with one attached hydrogen (secondary N) is 1. The molecule has 2 aromatic rings. The highest BCUT2D eigenvalue weighted by Crippen LogP contribution is 2.43. The van der Waals surface area contributed by atoms with Crippen molar-refractivity contribution in [3.63, 3.8) is 0 Å². The number of hydrogen-bond acceptors (Lipinski definition) is 7. The molecule has 32 heavy (non-hydrogen) atoms. The highest BCUT2D eigenvalue weighted by atomic mass is 16.5. The van der Waals surface area contributed by atoms with Crippen molar-refractivity contribution in [2.75, 3.05) is 33.2 Å². The van der Waals surface area contributed by atoms with Crippen LogP contribution in [0.15, 0.2) is 29.0 Å². The molecule has 2 aromatic heterocycles. The van der Waals surface area contributed by atoms with E-state index < -0.39 is 5.41 Å². The number of fused-ring (bicyclic) bond motifs is 1. The predicted octanol–water partition coefficient (Wildman–Crippen LogP) is 0.623. The van der Waals surface area contributed by atoms with Crippen LogP contribution in [-0.2, 0) is 16.1 Å². The van der Waals surface area contributed by atoms with Gasteiger partial charge in [-0.15, -0.1) is 0 Å². The molecule has 0 aliphatic carbocycles. The molecule has 4 rings (SSSR count). The van der Waals surface area contributed by atoms with Crippen LogP contribution in [0.5, 0.6) is 0 Å². The standard InChI is InChI=1S/C20H28N6O3.CH2O2/c1-15-13-16(23-29-15)18(27)26-10-3-5-20(6-11-24(2)14-17(20)26)19(28)21-8-12-25-9-4-7-22-25;2-1-3/h4,7,9,13,17H,3,5-6,8,10-12,14H2,1-2H3,(H,21,28);1H,(H,2,3)/t17-,20+;/m0./s1. The Labute approximate surface area is 186 Å². The Balaban J connectivity index is 0.000000913. The van der Waals surface area contributed by atoms with Crippen LogP contribution in [0.4, 0.5) is 0 Å². The van der Waals surface area contributed by atoms with Gasteiger partial charge in [0.1, 0.15) is 5.76 Å². The average Bonchev–Trinajstić information content (AvgIpc) is 3.45. The van der Waals surface area contributed by atoms with Crippen molar-refractivity contribution < 1.29 is 24.0 Å². The molecule has 2 aliphatic heterocycles. The lowest BCUT2D eigenvalue weighted by Gasteiger charge is -2.53. The van der Waals surface area contributed by atoms with E-state index in [9.17, 15) is 9.59 Å². The molecule has 2 atom stereocenters. The minimum atomic E-state index is -0.566. The summed E-state index contributed by atoms with van der Waals surface area (Å²) in [6.07, 6.45) is 5.94. The Morgan fingerprint density at radius 2 is 2.16 bits per heavy atom. The summed E-state index contributed by atoms with van der Waals surface area (Å²) in [7, 11) is 2.04. The van der Waals surface area contributed by atoms with E-state index in [4.69, 9.17) is 14.4 Å². The van der Waals surface area contributed by atoms with Gasteiger partial charge in [0.25, 0.3) is 12.4 Å². The second-order valence-corrected chi connectivity index (χ2v) is 8.24. The summed E-state index contributed by atoms with van der Waals surface area (Å²) in [5.41, 5.74) is -0.255. The van der Waals surface area contributed by atoms with Crippen molar-refractivity contribution in [1.82, 2.24) is 30.1 Å². The molecule has 4 heterocycles. The van der Waals surface area contributed by atoms with Gasteiger partial charge < -0.3 is 24.7 Å². The number of aromatic nitrogens is 3. The Morgan fingerprint density at radius 3 is 2.81 bits per heavy atom. The summed E-state index contributed by atoms with van der Waals surface area (Å²) in [5, 5.41) is 18.1. The topological polar surface area (TPSA) is 134 Å². The molecule has 174 valence electrons. The van der Waals surface area contributed by atoms with E-state index in [1.54, 1.807) is 23.9 Å². The van der Waals surface area contributed by atoms with Crippen LogP contribution < -0.4 is 5.32 Å². The second-order valence-electron chi connectivity index (χ2n) is 8.24. The lowest BCUT2D eigenvalue weighted by atomic mass is 9.67. The first-order chi connectivity index (χ1) is 15.4. The molecule has 0 aromatic carbocycles. The zero-order chi connectivity index (χ0) is 23.1. The Hall–Kier alpha value is -3.21. The van der Waals surface area contributed by atoms with Gasteiger partial charge in [-0.3, -0.25) is 19.1 Å². The number of nitrogens with zero attached hydrogens (tertiary/aromatic N) is 5. The van der Waals surface area contributed by atoms with Crippen LogP contribution in [0.25, 0.3) is 0 Å². The van der Waals surface area contributed by atoms with Gasteiger partial charge in [0.2, 0.25) is 5.91 Å². The van der Waals surface area contributed by atoms with Crippen molar-refractivity contribution in [2.45, 2.75) is 38.8 Å². The van der Waals surface area contributed by atoms with E-state index in [0.717, 1.165) is 25.8 Å². The van der Waals surface area contributed by atoms with Crippen molar-refractivity contribution in [1.29, 1.82) is 0 Å². The van der Waals surface area contributed by atoms with Crippen LogP contribution in [-0.4, -0.2) is 87.4 Å². The fourth-order valence-electron chi connectivity index (χ4n) is 4.66. The number of rotatable bonds is 5. The van der Waals surface area contributed by atoms with Crippen molar-refractivity contribution in [3.05, 3.63) is 36.0 Å². The predicted molar refractivity (Wildman–Crippen MR) is 114 cm³/mol. The first kappa shape index (κ1) is 23.5. The van der Waals surface area contributed by atoms with Gasteiger partial charge in [0.15, 0.2) is 5.69 Å². The summed E-state index contributed by atoms with van der Waals surface area (Å²) in [6, 6.07) is 3.35. The van der Waals surface area contributed by atoms with E-state index in [-0.39, 0.29) is 24.3 Å². The molecule has 2 aliphatic rings. The molecule has 2 N–H and O–H groups in total. The lowest BCUT2D eigenvalue weighted by molar-refractivity contribution is -0.142. The van der Waals surface area contributed by atoms with Crippen LogP contribution in [0.1, 0.15) is 35.5 Å². The molecule has 0 saturated carbocycles. The number of aryl methyl sites for hydroxylation is 1. The molecule has 0 unspecified atom stereocenters. The SMILES string of the molecule is Cc1cc(C(=O)N2CCC[C@@]3(C(=O)NCCn4cccn4)CCN(C)C[C@H]23)no1.O=CO. The third-order valence-electron chi connectivity index (χ3n) is 6.21. The minimum Gasteiger partial charge on any atom is -0.483 e. The van der Waals surface area contributed by atoms with E-state index >= 15 is 0 Å². The normalized spacial score (nSPS) is 22.9. The molecule has 2 amide bonds. The molecule has 0 spiro atoms. The van der Waals surface area contributed by atoms with E-state index in [1.165, 1.54) is 0 Å². The quantitative estimate of drug-likeness (QED) is 0.639. The van der Waals surface area contributed by atoms with Crippen molar-refractivity contribution in [3.8, 4) is 0 Å². The third-order valence-corrected chi connectivity index (χ3v) is 6.21. The lowest BCUT2D eigenvalue weighted by Crippen LogP contribution is -2.66. The monoisotopic (exact) mass is 446 g/mol. The first-order valence-corrected chi connectivity index (χ1v) is 10.7. The smallest absolute Gasteiger partial charge is 0.290 e. The van der Waals surface area contributed by atoms with Crippen molar-refractivity contribution >= 4 is 18.3 Å². The number of likely N-dealkylation sites (tertiary alicyclic amines) is 2. The van der Waals surface area contributed by atoms with Gasteiger partial charge in [0, 0.05) is 38.1 Å². The van der Waals surface area contributed by atoms with Crippen molar-refractivity contribution in [2.24, 2.45) is 5.41 Å². The largest absolute Gasteiger partial charge is 0.483 e. The molecular formula is C21H30N6O5. The Morgan fingerprint density at radius 1 is 1.38 bits per heavy atom. The number of hydrogen-bond donors (Lipinski definition) is 2. The first-order valence-electron chi connectivity index (χ1n) is 10.7. The second kappa shape index (κ2) is 10.4. The fraction of sp³-hybridized carbons (Fsp3) is 0.571. The number of amides is 2. The molecule has 2 fully saturated rings. The van der Waals surface area contributed by atoms with Gasteiger partial charge in [-0.05, 0) is 45.8 Å². The molecule has 11 nitrogen and oxygen atoms in total. The van der Waals surface area contributed by atoms with E-state index in [1.807, 2.05) is 24.2 Å². The maximum atomic E-state index is 13.4. The van der Waals surface area contributed by atoms with E-state index in [0.29, 0.717) is 37.6 Å². The fourth-order valence-corrected chi connectivity index (χ4v) is 4.66. The van der Waals surface area contributed by atoms with Gasteiger partial charge in [0.05, 0.1) is 18.0 Å². The number of carbonyl (C=O) groups excluding carboxylic acids is 2. The highest BCUT2D eigenvalue weighted by Gasteiger charge is 2.53.